The standard InChI is InChI=1S/C27H34N4O3/c1-27(2,3)31-19-22(17-24(31)32)25(33)29-15-12-21(13-16-29)26(34)30(23-11-7-8-14-28-23)18-20-9-5-4-6-10-20/h4-11,14,21-22H,12-13,15-19H2,1-3H3. The van der Waals surface area contributed by atoms with E-state index in [2.05, 4.69) is 4.98 Å². The molecule has 2 aliphatic rings. The summed E-state index contributed by atoms with van der Waals surface area (Å²) in [4.78, 5) is 48.9. The van der Waals surface area contributed by atoms with Crippen molar-refractivity contribution in [1.82, 2.24) is 14.8 Å². The van der Waals surface area contributed by atoms with E-state index < -0.39 is 0 Å². The van der Waals surface area contributed by atoms with Crippen molar-refractivity contribution < 1.29 is 14.4 Å². The van der Waals surface area contributed by atoms with Crippen molar-refractivity contribution in [2.24, 2.45) is 11.8 Å². The monoisotopic (exact) mass is 462 g/mol. The van der Waals surface area contributed by atoms with E-state index in [4.69, 9.17) is 0 Å². The van der Waals surface area contributed by atoms with E-state index in [1.165, 1.54) is 0 Å². The summed E-state index contributed by atoms with van der Waals surface area (Å²) >= 11 is 0. The number of amides is 3. The Kier molecular flexibility index (Phi) is 7.00. The van der Waals surface area contributed by atoms with E-state index in [1.54, 1.807) is 16.0 Å². The molecule has 4 rings (SSSR count). The lowest BCUT2D eigenvalue weighted by molar-refractivity contribution is -0.138. The number of anilines is 1. The molecule has 7 nitrogen and oxygen atoms in total. The fourth-order valence-corrected chi connectivity index (χ4v) is 4.90. The Morgan fingerprint density at radius 3 is 2.26 bits per heavy atom. The minimum atomic E-state index is -0.290. The molecule has 1 unspecified atom stereocenters. The van der Waals surface area contributed by atoms with Crippen LogP contribution in [-0.4, -0.2) is 57.7 Å². The van der Waals surface area contributed by atoms with Gasteiger partial charge in [-0.3, -0.25) is 19.3 Å². The Bertz CT molecular complexity index is 1010. The normalized spacial score (nSPS) is 19.4. The average Bonchev–Trinajstić information content (AvgIpc) is 3.25. The minimum Gasteiger partial charge on any atom is -0.342 e. The molecule has 0 radical (unpaired) electrons. The molecular weight excluding hydrogens is 428 g/mol. The molecule has 1 aromatic heterocycles. The van der Waals surface area contributed by atoms with Gasteiger partial charge < -0.3 is 9.80 Å². The molecule has 1 aromatic carbocycles. The molecule has 0 N–H and O–H groups in total. The summed E-state index contributed by atoms with van der Waals surface area (Å²) in [6.07, 6.45) is 3.21. The van der Waals surface area contributed by atoms with E-state index in [9.17, 15) is 14.4 Å². The molecule has 0 bridgehead atoms. The zero-order chi connectivity index (χ0) is 24.3. The van der Waals surface area contributed by atoms with E-state index >= 15 is 0 Å². The van der Waals surface area contributed by atoms with E-state index in [1.807, 2.05) is 74.2 Å². The molecule has 0 aliphatic carbocycles. The van der Waals surface area contributed by atoms with Gasteiger partial charge in [-0.15, -0.1) is 0 Å². The van der Waals surface area contributed by atoms with E-state index in [0.29, 0.717) is 44.8 Å². The van der Waals surface area contributed by atoms with E-state index in [0.717, 1.165) is 5.56 Å². The minimum absolute atomic E-state index is 0.0388. The Hall–Kier alpha value is -3.22. The molecule has 3 heterocycles. The molecule has 2 fully saturated rings. The second-order valence-electron chi connectivity index (χ2n) is 10.3. The predicted octanol–water partition coefficient (Wildman–Crippen LogP) is 3.50. The maximum absolute atomic E-state index is 13.6. The van der Waals surface area contributed by atoms with Gasteiger partial charge in [0.15, 0.2) is 0 Å². The smallest absolute Gasteiger partial charge is 0.231 e. The summed E-state index contributed by atoms with van der Waals surface area (Å²) in [7, 11) is 0. The Labute approximate surface area is 201 Å². The van der Waals surface area contributed by atoms with Crippen molar-refractivity contribution in [3.63, 3.8) is 0 Å². The second-order valence-corrected chi connectivity index (χ2v) is 10.3. The van der Waals surface area contributed by atoms with Gasteiger partial charge >= 0.3 is 0 Å². The van der Waals surface area contributed by atoms with Gasteiger partial charge in [-0.25, -0.2) is 4.98 Å². The third-order valence-corrected chi connectivity index (χ3v) is 6.82. The number of aromatic nitrogens is 1. The number of pyridine rings is 1. The van der Waals surface area contributed by atoms with Crippen LogP contribution in [0.15, 0.2) is 54.7 Å². The molecule has 2 aliphatic heterocycles. The van der Waals surface area contributed by atoms with Gasteiger partial charge in [0.25, 0.3) is 0 Å². The van der Waals surface area contributed by atoms with Gasteiger partial charge in [-0.2, -0.15) is 0 Å². The number of carbonyl (C=O) groups is 3. The van der Waals surface area contributed by atoms with Crippen molar-refractivity contribution >= 4 is 23.5 Å². The van der Waals surface area contributed by atoms with Crippen molar-refractivity contribution in [1.29, 1.82) is 0 Å². The summed E-state index contributed by atoms with van der Waals surface area (Å²) < 4.78 is 0. The van der Waals surface area contributed by atoms with E-state index in [-0.39, 0.29) is 41.5 Å². The quantitative estimate of drug-likeness (QED) is 0.682. The molecule has 0 spiro atoms. The number of carbonyl (C=O) groups excluding carboxylic acids is 3. The lowest BCUT2D eigenvalue weighted by Crippen LogP contribution is -2.47. The molecule has 2 saturated heterocycles. The first-order valence-corrected chi connectivity index (χ1v) is 12.1. The fraction of sp³-hybridized carbons (Fsp3) is 0.481. The summed E-state index contributed by atoms with van der Waals surface area (Å²) in [6.45, 7) is 8.01. The lowest BCUT2D eigenvalue weighted by atomic mass is 9.93. The first kappa shape index (κ1) is 23.9. The van der Waals surface area contributed by atoms with Gasteiger partial charge in [0.2, 0.25) is 17.7 Å². The number of hydrogen-bond acceptors (Lipinski definition) is 4. The van der Waals surface area contributed by atoms with Gasteiger partial charge in [-0.05, 0) is 51.3 Å². The zero-order valence-corrected chi connectivity index (χ0v) is 20.3. The molecule has 3 amide bonds. The summed E-state index contributed by atoms with van der Waals surface area (Å²) in [5.74, 6) is 0.319. The van der Waals surface area contributed by atoms with Crippen LogP contribution in [0.2, 0.25) is 0 Å². The predicted molar refractivity (Wildman–Crippen MR) is 131 cm³/mol. The van der Waals surface area contributed by atoms with Gasteiger partial charge in [0.05, 0.1) is 12.5 Å². The van der Waals surface area contributed by atoms with Crippen LogP contribution in [0.5, 0.6) is 0 Å². The molecule has 180 valence electrons. The molecule has 34 heavy (non-hydrogen) atoms. The number of nitrogens with zero attached hydrogens (tertiary/aromatic N) is 4. The number of hydrogen-bond donors (Lipinski definition) is 0. The molecule has 2 aromatic rings. The molecule has 7 heteroatoms. The second kappa shape index (κ2) is 9.95. The SMILES string of the molecule is CC(C)(C)N1CC(C(=O)N2CCC(C(=O)N(Cc3ccccc3)c3ccccn3)CC2)CC1=O. The lowest BCUT2D eigenvalue weighted by Gasteiger charge is -2.35. The topological polar surface area (TPSA) is 73.8 Å². The Morgan fingerprint density at radius 2 is 1.68 bits per heavy atom. The number of piperidine rings is 1. The summed E-state index contributed by atoms with van der Waals surface area (Å²) in [5.41, 5.74) is 0.766. The third-order valence-electron chi connectivity index (χ3n) is 6.82. The van der Waals surface area contributed by atoms with Crippen molar-refractivity contribution in [2.45, 2.75) is 52.1 Å². The average molecular weight is 463 g/mol. The van der Waals surface area contributed by atoms with Crippen molar-refractivity contribution in [3.8, 4) is 0 Å². The number of likely N-dealkylation sites (tertiary alicyclic amines) is 2. The maximum atomic E-state index is 13.6. The third kappa shape index (κ3) is 5.29. The van der Waals surface area contributed by atoms with Gasteiger partial charge in [0, 0.05) is 43.7 Å². The van der Waals surface area contributed by atoms with Gasteiger partial charge in [0.1, 0.15) is 5.82 Å². The van der Waals surface area contributed by atoms with Crippen LogP contribution in [0.3, 0.4) is 0 Å². The molecular formula is C27H34N4O3. The first-order chi connectivity index (χ1) is 16.2. The van der Waals surface area contributed by atoms with Crippen LogP contribution in [0.4, 0.5) is 5.82 Å². The van der Waals surface area contributed by atoms with Crippen LogP contribution in [0, 0.1) is 11.8 Å². The molecule has 1 atom stereocenters. The van der Waals surface area contributed by atoms with Gasteiger partial charge in [-0.1, -0.05) is 36.4 Å². The number of benzene rings is 1. The number of rotatable bonds is 5. The van der Waals surface area contributed by atoms with Crippen LogP contribution >= 0.6 is 0 Å². The zero-order valence-electron chi connectivity index (χ0n) is 20.3. The summed E-state index contributed by atoms with van der Waals surface area (Å²) in [5, 5.41) is 0. The Balaban J connectivity index is 1.40. The first-order valence-electron chi connectivity index (χ1n) is 12.1. The largest absolute Gasteiger partial charge is 0.342 e. The van der Waals surface area contributed by atoms with Crippen LogP contribution in [-0.2, 0) is 20.9 Å². The van der Waals surface area contributed by atoms with Crippen molar-refractivity contribution in [2.75, 3.05) is 24.5 Å². The van der Waals surface area contributed by atoms with Crippen LogP contribution in [0.25, 0.3) is 0 Å². The molecule has 0 saturated carbocycles. The Morgan fingerprint density at radius 1 is 1.00 bits per heavy atom. The maximum Gasteiger partial charge on any atom is 0.231 e. The highest BCUT2D eigenvalue weighted by molar-refractivity contribution is 5.94. The summed E-state index contributed by atoms with van der Waals surface area (Å²) in [6, 6.07) is 15.5. The van der Waals surface area contributed by atoms with Crippen LogP contribution in [0.1, 0.15) is 45.6 Å². The fourth-order valence-electron chi connectivity index (χ4n) is 4.90. The highest BCUT2D eigenvalue weighted by atomic mass is 16.2. The van der Waals surface area contributed by atoms with Crippen LogP contribution < -0.4 is 4.90 Å². The highest BCUT2D eigenvalue weighted by Gasteiger charge is 2.42. The van der Waals surface area contributed by atoms with Crippen molar-refractivity contribution in [3.05, 3.63) is 60.3 Å². The highest BCUT2D eigenvalue weighted by Crippen LogP contribution is 2.29.